The number of carbonyl (C=O) groups is 2. The van der Waals surface area contributed by atoms with Crippen molar-refractivity contribution in [1.82, 2.24) is 15.4 Å². The molecule has 1 atom stereocenters. The Balaban J connectivity index is 1.27. The van der Waals surface area contributed by atoms with E-state index in [0.29, 0.717) is 44.0 Å². The van der Waals surface area contributed by atoms with E-state index in [1.165, 1.54) is 0 Å². The maximum atomic E-state index is 13.0. The SMILES string of the molecule is Cc1cc(C[C@H](CN)C(=O)N2CCC(NC(=O)c3cc(C4CC4)on3)CC2)ccc1O. The molecule has 0 unspecified atom stereocenters. The van der Waals surface area contributed by atoms with Gasteiger partial charge in [0.25, 0.3) is 5.91 Å². The molecule has 1 aromatic heterocycles. The molecule has 4 rings (SSSR count). The van der Waals surface area contributed by atoms with Gasteiger partial charge in [0.15, 0.2) is 5.69 Å². The molecule has 1 aliphatic carbocycles. The normalized spacial score (nSPS) is 18.1. The largest absolute Gasteiger partial charge is 0.508 e. The molecule has 1 aliphatic heterocycles. The lowest BCUT2D eigenvalue weighted by Crippen LogP contribution is -2.49. The summed E-state index contributed by atoms with van der Waals surface area (Å²) in [6.07, 6.45) is 4.13. The highest BCUT2D eigenvalue weighted by Crippen LogP contribution is 2.40. The third kappa shape index (κ3) is 5.07. The van der Waals surface area contributed by atoms with Crippen LogP contribution in [0.15, 0.2) is 28.8 Å². The fourth-order valence-electron chi connectivity index (χ4n) is 4.12. The van der Waals surface area contributed by atoms with Crippen LogP contribution < -0.4 is 11.1 Å². The maximum Gasteiger partial charge on any atom is 0.273 e. The van der Waals surface area contributed by atoms with E-state index in [-0.39, 0.29) is 36.1 Å². The molecule has 166 valence electrons. The lowest BCUT2D eigenvalue weighted by molar-refractivity contribution is -0.136. The molecule has 2 aliphatic rings. The van der Waals surface area contributed by atoms with Gasteiger partial charge in [-0.2, -0.15) is 0 Å². The number of phenolic OH excluding ortho intramolecular Hbond substituents is 1. The molecule has 2 amide bonds. The molecule has 8 heteroatoms. The van der Waals surface area contributed by atoms with Gasteiger partial charge in [0.1, 0.15) is 11.5 Å². The number of carbonyl (C=O) groups excluding carboxylic acids is 2. The number of rotatable bonds is 7. The first-order valence-corrected chi connectivity index (χ1v) is 11.0. The van der Waals surface area contributed by atoms with Crippen LogP contribution in [0.4, 0.5) is 0 Å². The molecule has 2 fully saturated rings. The second kappa shape index (κ2) is 9.09. The number of amides is 2. The Hall–Kier alpha value is -2.87. The number of aryl methyl sites for hydroxylation is 1. The van der Waals surface area contributed by atoms with E-state index in [2.05, 4.69) is 10.5 Å². The second-order valence-electron chi connectivity index (χ2n) is 8.72. The number of nitrogens with two attached hydrogens (primary N) is 1. The molecular weight excluding hydrogens is 396 g/mol. The van der Waals surface area contributed by atoms with Gasteiger partial charge >= 0.3 is 0 Å². The number of nitrogens with one attached hydrogen (secondary N) is 1. The standard InChI is InChI=1S/C23H30N4O4/c1-14-10-15(2-5-20(14)28)11-17(13-24)23(30)27-8-6-18(7-9-27)25-22(29)19-12-21(31-26-19)16-3-4-16/h2,5,10,12,16-18,28H,3-4,6-9,11,13,24H2,1H3,(H,25,29)/t17-/m1/s1. The van der Waals surface area contributed by atoms with E-state index >= 15 is 0 Å². The van der Waals surface area contributed by atoms with Crippen molar-refractivity contribution in [2.24, 2.45) is 11.7 Å². The van der Waals surface area contributed by atoms with Crippen LogP contribution in [0.25, 0.3) is 0 Å². The van der Waals surface area contributed by atoms with Crippen LogP contribution in [0.2, 0.25) is 0 Å². The molecule has 1 aromatic carbocycles. The Morgan fingerprint density at radius 3 is 2.65 bits per heavy atom. The van der Waals surface area contributed by atoms with Gasteiger partial charge in [0.2, 0.25) is 5.91 Å². The van der Waals surface area contributed by atoms with E-state index in [1.54, 1.807) is 12.1 Å². The Kier molecular flexibility index (Phi) is 6.27. The quantitative estimate of drug-likeness (QED) is 0.623. The van der Waals surface area contributed by atoms with Gasteiger partial charge in [-0.1, -0.05) is 17.3 Å². The highest BCUT2D eigenvalue weighted by molar-refractivity contribution is 5.92. The van der Waals surface area contributed by atoms with Crippen LogP contribution in [0, 0.1) is 12.8 Å². The van der Waals surface area contributed by atoms with Crippen LogP contribution in [-0.2, 0) is 11.2 Å². The van der Waals surface area contributed by atoms with Crippen molar-refractivity contribution in [3.05, 3.63) is 46.8 Å². The number of hydrogen-bond acceptors (Lipinski definition) is 6. The first-order valence-electron chi connectivity index (χ1n) is 11.0. The second-order valence-corrected chi connectivity index (χ2v) is 8.72. The fraction of sp³-hybridized carbons (Fsp3) is 0.522. The average molecular weight is 427 g/mol. The first-order chi connectivity index (χ1) is 14.9. The lowest BCUT2D eigenvalue weighted by atomic mass is 9.95. The van der Waals surface area contributed by atoms with Gasteiger partial charge in [0.05, 0.1) is 5.92 Å². The van der Waals surface area contributed by atoms with Crippen molar-refractivity contribution in [3.8, 4) is 5.75 Å². The van der Waals surface area contributed by atoms with Gasteiger partial charge in [-0.3, -0.25) is 9.59 Å². The van der Waals surface area contributed by atoms with Crippen LogP contribution in [0.3, 0.4) is 0 Å². The molecule has 2 heterocycles. The molecular formula is C23H30N4O4. The Bertz CT molecular complexity index is 945. The Morgan fingerprint density at radius 2 is 2.00 bits per heavy atom. The zero-order valence-electron chi connectivity index (χ0n) is 17.8. The summed E-state index contributed by atoms with van der Waals surface area (Å²) in [4.78, 5) is 27.3. The Morgan fingerprint density at radius 1 is 1.26 bits per heavy atom. The zero-order chi connectivity index (χ0) is 22.0. The highest BCUT2D eigenvalue weighted by Gasteiger charge is 2.31. The highest BCUT2D eigenvalue weighted by atomic mass is 16.5. The van der Waals surface area contributed by atoms with Crippen molar-refractivity contribution >= 4 is 11.8 Å². The summed E-state index contributed by atoms with van der Waals surface area (Å²) >= 11 is 0. The number of hydrogen-bond donors (Lipinski definition) is 3. The van der Waals surface area contributed by atoms with Crippen molar-refractivity contribution < 1.29 is 19.2 Å². The summed E-state index contributed by atoms with van der Waals surface area (Å²) in [5, 5.41) is 16.6. The molecule has 4 N–H and O–H groups in total. The maximum absolute atomic E-state index is 13.0. The van der Waals surface area contributed by atoms with E-state index in [4.69, 9.17) is 10.3 Å². The van der Waals surface area contributed by atoms with E-state index < -0.39 is 0 Å². The first kappa shape index (κ1) is 21.4. The molecule has 31 heavy (non-hydrogen) atoms. The van der Waals surface area contributed by atoms with Gasteiger partial charge < -0.3 is 25.6 Å². The minimum absolute atomic E-state index is 0.00806. The molecule has 8 nitrogen and oxygen atoms in total. The third-order valence-corrected chi connectivity index (χ3v) is 6.26. The number of likely N-dealkylation sites (tertiary alicyclic amines) is 1. The van der Waals surface area contributed by atoms with Crippen LogP contribution in [0.5, 0.6) is 5.75 Å². The summed E-state index contributed by atoms with van der Waals surface area (Å²) in [7, 11) is 0. The number of aromatic hydroxyl groups is 1. The number of benzene rings is 1. The van der Waals surface area contributed by atoms with Gasteiger partial charge in [-0.25, -0.2) is 0 Å². The smallest absolute Gasteiger partial charge is 0.273 e. The number of piperidine rings is 1. The fourth-order valence-corrected chi connectivity index (χ4v) is 4.12. The minimum atomic E-state index is -0.300. The minimum Gasteiger partial charge on any atom is -0.508 e. The van der Waals surface area contributed by atoms with E-state index in [9.17, 15) is 14.7 Å². The van der Waals surface area contributed by atoms with Crippen LogP contribution >= 0.6 is 0 Å². The Labute approximate surface area is 181 Å². The zero-order valence-corrected chi connectivity index (χ0v) is 17.8. The molecule has 1 saturated carbocycles. The van der Waals surface area contributed by atoms with Crippen molar-refractivity contribution in [2.75, 3.05) is 19.6 Å². The van der Waals surface area contributed by atoms with Crippen LogP contribution in [-0.4, -0.2) is 52.7 Å². The predicted molar refractivity (Wildman–Crippen MR) is 115 cm³/mol. The summed E-state index contributed by atoms with van der Waals surface area (Å²) in [6, 6.07) is 7.13. The summed E-state index contributed by atoms with van der Waals surface area (Å²) in [6.45, 7) is 3.27. The average Bonchev–Trinajstić information content (AvgIpc) is 3.50. The van der Waals surface area contributed by atoms with Crippen molar-refractivity contribution in [3.63, 3.8) is 0 Å². The molecule has 0 radical (unpaired) electrons. The lowest BCUT2D eigenvalue weighted by Gasteiger charge is -2.34. The van der Waals surface area contributed by atoms with E-state index in [0.717, 1.165) is 29.7 Å². The molecule has 1 saturated heterocycles. The monoisotopic (exact) mass is 426 g/mol. The van der Waals surface area contributed by atoms with Gasteiger partial charge in [-0.15, -0.1) is 0 Å². The van der Waals surface area contributed by atoms with Crippen molar-refractivity contribution in [1.29, 1.82) is 0 Å². The summed E-state index contributed by atoms with van der Waals surface area (Å²) in [5.41, 5.74) is 8.01. The molecule has 2 aromatic rings. The summed E-state index contributed by atoms with van der Waals surface area (Å²) < 4.78 is 5.26. The van der Waals surface area contributed by atoms with Crippen LogP contribution in [0.1, 0.15) is 59.0 Å². The number of aromatic nitrogens is 1. The number of nitrogens with zero attached hydrogens (tertiary/aromatic N) is 2. The number of phenols is 1. The van der Waals surface area contributed by atoms with Gasteiger partial charge in [-0.05, 0) is 56.2 Å². The van der Waals surface area contributed by atoms with Gasteiger partial charge in [0, 0.05) is 37.7 Å². The third-order valence-electron chi connectivity index (χ3n) is 6.26. The molecule has 0 bridgehead atoms. The summed E-state index contributed by atoms with van der Waals surface area (Å²) in [5.74, 6) is 0.988. The molecule has 0 spiro atoms. The topological polar surface area (TPSA) is 122 Å². The predicted octanol–water partition coefficient (Wildman–Crippen LogP) is 2.10. The van der Waals surface area contributed by atoms with Crippen molar-refractivity contribution in [2.45, 2.75) is 51.0 Å². The van der Waals surface area contributed by atoms with E-state index in [1.807, 2.05) is 24.0 Å².